The summed E-state index contributed by atoms with van der Waals surface area (Å²) in [5.74, 6) is -3.64. The summed E-state index contributed by atoms with van der Waals surface area (Å²) in [6, 6.07) is 7.00. The van der Waals surface area contributed by atoms with Crippen molar-refractivity contribution in [3.05, 3.63) is 83.4 Å². The minimum absolute atomic E-state index is 0.0527. The summed E-state index contributed by atoms with van der Waals surface area (Å²) >= 11 is 0. The first-order valence-corrected chi connectivity index (χ1v) is 10.9. The Kier molecular flexibility index (Phi) is 4.90. The molecule has 9 heteroatoms. The number of nitrogens with one attached hydrogen (secondary N) is 1. The lowest BCUT2D eigenvalue weighted by Gasteiger charge is -2.07. The lowest BCUT2D eigenvalue weighted by Crippen LogP contribution is -2.10. The summed E-state index contributed by atoms with van der Waals surface area (Å²) in [6.07, 6.45) is 7.17. The number of carbonyl (C=O) groups excluding carboxylic acids is 1. The zero-order valence-corrected chi connectivity index (χ0v) is 16.5. The van der Waals surface area contributed by atoms with E-state index in [1.807, 2.05) is 6.07 Å². The molecule has 0 atom stereocenters. The number of nitrogens with zero attached hydrogens (tertiary/aromatic N) is 2. The highest BCUT2D eigenvalue weighted by Gasteiger charge is 2.24. The predicted octanol–water partition coefficient (Wildman–Crippen LogP) is 3.68. The Labute approximate surface area is 170 Å². The zero-order chi connectivity index (χ0) is 21.5. The lowest BCUT2D eigenvalue weighted by atomic mass is 9.99. The van der Waals surface area contributed by atoms with Crippen LogP contribution in [0.3, 0.4) is 0 Å². The number of halogens is 2. The number of sulfone groups is 1. The Morgan fingerprint density at radius 3 is 2.47 bits per heavy atom. The van der Waals surface area contributed by atoms with Gasteiger partial charge in [0.15, 0.2) is 9.84 Å². The SMILES string of the molecule is CS(=O)(=O)Cc1cc(F)c(C(=O)c2c[nH]c3ncc(-c4cccnc4)cc23)c(F)c1. The maximum atomic E-state index is 14.6. The minimum Gasteiger partial charge on any atom is -0.345 e. The molecule has 1 aromatic carbocycles. The van der Waals surface area contributed by atoms with E-state index in [2.05, 4.69) is 15.0 Å². The smallest absolute Gasteiger partial charge is 0.201 e. The standard InChI is InChI=1S/C21H15F2N3O3S/c1-30(28,29)11-12-5-17(22)19(18(23)6-12)20(27)16-10-26-21-15(16)7-14(9-25-21)13-3-2-4-24-8-13/h2-10H,11H2,1H3,(H,25,26). The van der Waals surface area contributed by atoms with Gasteiger partial charge in [-0.15, -0.1) is 0 Å². The van der Waals surface area contributed by atoms with E-state index in [-0.39, 0.29) is 11.1 Å². The van der Waals surface area contributed by atoms with Crippen molar-refractivity contribution in [2.24, 2.45) is 0 Å². The summed E-state index contributed by atoms with van der Waals surface area (Å²) in [6.45, 7) is 0. The zero-order valence-electron chi connectivity index (χ0n) is 15.7. The highest BCUT2D eigenvalue weighted by Crippen LogP contribution is 2.27. The normalized spacial score (nSPS) is 11.7. The van der Waals surface area contributed by atoms with E-state index in [1.54, 1.807) is 30.7 Å². The molecular weight excluding hydrogens is 412 g/mol. The van der Waals surface area contributed by atoms with Crippen LogP contribution >= 0.6 is 0 Å². The second kappa shape index (κ2) is 7.42. The van der Waals surface area contributed by atoms with Gasteiger partial charge in [-0.2, -0.15) is 0 Å². The van der Waals surface area contributed by atoms with Gasteiger partial charge in [0.25, 0.3) is 0 Å². The van der Waals surface area contributed by atoms with Crippen LogP contribution in [-0.2, 0) is 15.6 Å². The summed E-state index contributed by atoms with van der Waals surface area (Å²) in [7, 11) is -3.48. The predicted molar refractivity (Wildman–Crippen MR) is 108 cm³/mol. The largest absolute Gasteiger partial charge is 0.345 e. The number of pyridine rings is 2. The fraction of sp³-hybridized carbons (Fsp3) is 0.0952. The summed E-state index contributed by atoms with van der Waals surface area (Å²) in [5, 5.41) is 0.403. The molecule has 0 aliphatic heterocycles. The van der Waals surface area contributed by atoms with Crippen molar-refractivity contribution in [1.82, 2.24) is 15.0 Å². The number of hydrogen-bond donors (Lipinski definition) is 1. The van der Waals surface area contributed by atoms with Crippen LogP contribution in [0.15, 0.2) is 55.1 Å². The number of rotatable bonds is 5. The van der Waals surface area contributed by atoms with Crippen molar-refractivity contribution in [2.45, 2.75) is 5.75 Å². The topological polar surface area (TPSA) is 92.8 Å². The van der Waals surface area contributed by atoms with Crippen LogP contribution in [0.4, 0.5) is 8.78 Å². The quantitative estimate of drug-likeness (QED) is 0.491. The number of fused-ring (bicyclic) bond motifs is 1. The van der Waals surface area contributed by atoms with Gasteiger partial charge >= 0.3 is 0 Å². The van der Waals surface area contributed by atoms with Gasteiger partial charge < -0.3 is 4.98 Å². The second-order valence-corrected chi connectivity index (χ2v) is 9.04. The van der Waals surface area contributed by atoms with Crippen molar-refractivity contribution in [2.75, 3.05) is 6.26 Å². The van der Waals surface area contributed by atoms with Crippen LogP contribution in [0.25, 0.3) is 22.2 Å². The van der Waals surface area contributed by atoms with Crippen LogP contribution in [-0.4, -0.2) is 35.4 Å². The monoisotopic (exact) mass is 427 g/mol. The summed E-state index contributed by atoms with van der Waals surface area (Å²) in [5.41, 5.74) is 1.09. The number of aromatic amines is 1. The third-order valence-corrected chi connectivity index (χ3v) is 5.39. The molecule has 0 aliphatic carbocycles. The summed E-state index contributed by atoms with van der Waals surface area (Å²) < 4.78 is 52.0. The highest BCUT2D eigenvalue weighted by molar-refractivity contribution is 7.89. The molecular formula is C21H15F2N3O3S. The van der Waals surface area contributed by atoms with Crippen LogP contribution in [0, 0.1) is 11.6 Å². The van der Waals surface area contributed by atoms with Gasteiger partial charge in [0.05, 0.1) is 11.3 Å². The number of hydrogen-bond acceptors (Lipinski definition) is 5. The fourth-order valence-electron chi connectivity index (χ4n) is 3.25. The van der Waals surface area contributed by atoms with Gasteiger partial charge in [0.1, 0.15) is 17.3 Å². The first kappa shape index (κ1) is 19.8. The van der Waals surface area contributed by atoms with Crippen molar-refractivity contribution < 1.29 is 22.0 Å². The molecule has 0 amide bonds. The van der Waals surface area contributed by atoms with Gasteiger partial charge in [0, 0.05) is 53.1 Å². The average Bonchev–Trinajstić information content (AvgIpc) is 3.10. The van der Waals surface area contributed by atoms with Crippen molar-refractivity contribution in [3.63, 3.8) is 0 Å². The van der Waals surface area contributed by atoms with E-state index >= 15 is 0 Å². The number of aromatic nitrogens is 3. The highest BCUT2D eigenvalue weighted by atomic mass is 32.2. The average molecular weight is 427 g/mol. The number of benzene rings is 1. The van der Waals surface area contributed by atoms with Crippen molar-refractivity contribution in [3.8, 4) is 11.1 Å². The van der Waals surface area contributed by atoms with E-state index in [0.717, 1.165) is 24.0 Å². The van der Waals surface area contributed by atoms with Crippen LogP contribution in [0.5, 0.6) is 0 Å². The lowest BCUT2D eigenvalue weighted by molar-refractivity contribution is 0.103. The molecule has 0 fully saturated rings. The molecule has 0 saturated heterocycles. The van der Waals surface area contributed by atoms with Gasteiger partial charge in [-0.25, -0.2) is 22.2 Å². The van der Waals surface area contributed by atoms with E-state index in [9.17, 15) is 22.0 Å². The Morgan fingerprint density at radius 2 is 1.83 bits per heavy atom. The molecule has 0 spiro atoms. The molecule has 0 unspecified atom stereocenters. The van der Waals surface area contributed by atoms with Crippen LogP contribution in [0.2, 0.25) is 0 Å². The minimum atomic E-state index is -3.48. The Morgan fingerprint density at radius 1 is 1.10 bits per heavy atom. The van der Waals surface area contributed by atoms with E-state index < -0.39 is 38.6 Å². The Bertz CT molecular complexity index is 1360. The van der Waals surface area contributed by atoms with Crippen LogP contribution in [0.1, 0.15) is 21.5 Å². The molecule has 0 bridgehead atoms. The van der Waals surface area contributed by atoms with E-state index in [0.29, 0.717) is 16.6 Å². The van der Waals surface area contributed by atoms with Gasteiger partial charge in [0.2, 0.25) is 5.78 Å². The Hall–Kier alpha value is -3.46. The number of carbonyl (C=O) groups is 1. The van der Waals surface area contributed by atoms with Crippen LogP contribution < -0.4 is 0 Å². The molecule has 0 aliphatic rings. The second-order valence-electron chi connectivity index (χ2n) is 6.90. The molecule has 0 saturated carbocycles. The van der Waals surface area contributed by atoms with Crippen molar-refractivity contribution >= 4 is 26.7 Å². The fourth-order valence-corrected chi connectivity index (χ4v) is 4.02. The maximum Gasteiger partial charge on any atom is 0.201 e. The maximum absolute atomic E-state index is 14.6. The molecule has 4 rings (SSSR count). The third-order valence-electron chi connectivity index (χ3n) is 4.53. The van der Waals surface area contributed by atoms with Gasteiger partial charge in [-0.1, -0.05) is 6.07 Å². The first-order valence-electron chi connectivity index (χ1n) is 8.81. The molecule has 3 heterocycles. The Balaban J connectivity index is 1.78. The third kappa shape index (κ3) is 3.84. The molecule has 6 nitrogen and oxygen atoms in total. The first-order chi connectivity index (χ1) is 14.2. The number of ketones is 1. The van der Waals surface area contributed by atoms with Crippen molar-refractivity contribution in [1.29, 1.82) is 0 Å². The molecule has 152 valence electrons. The van der Waals surface area contributed by atoms with E-state index in [4.69, 9.17) is 0 Å². The molecule has 3 aromatic heterocycles. The molecule has 1 N–H and O–H groups in total. The molecule has 30 heavy (non-hydrogen) atoms. The summed E-state index contributed by atoms with van der Waals surface area (Å²) in [4.78, 5) is 24.1. The molecule has 4 aromatic rings. The van der Waals surface area contributed by atoms with Gasteiger partial charge in [-0.3, -0.25) is 9.78 Å². The van der Waals surface area contributed by atoms with Gasteiger partial charge in [-0.05, 0) is 29.8 Å². The molecule has 0 radical (unpaired) electrons. The van der Waals surface area contributed by atoms with E-state index in [1.165, 1.54) is 6.20 Å². The number of H-pyrrole nitrogens is 1.